The third-order valence-electron chi connectivity index (χ3n) is 6.05. The monoisotopic (exact) mass is 527 g/mol. The topological polar surface area (TPSA) is 116 Å². The number of carbonyl (C=O) groups is 2. The molecule has 0 aliphatic carbocycles. The Morgan fingerprint density at radius 1 is 1.03 bits per heavy atom. The molecule has 3 aromatic rings. The molecule has 4 rings (SSSR count). The predicted octanol–water partition coefficient (Wildman–Crippen LogP) is 2.92. The Morgan fingerprint density at radius 3 is 2.41 bits per heavy atom. The molecular formula is C26H29N3O7S. The van der Waals surface area contributed by atoms with E-state index in [1.54, 1.807) is 6.07 Å². The highest BCUT2D eigenvalue weighted by molar-refractivity contribution is 7.89. The van der Waals surface area contributed by atoms with E-state index in [1.165, 1.54) is 29.6 Å². The first-order valence-electron chi connectivity index (χ1n) is 11.7. The van der Waals surface area contributed by atoms with E-state index in [-0.39, 0.29) is 29.4 Å². The van der Waals surface area contributed by atoms with Gasteiger partial charge in [0.2, 0.25) is 10.0 Å². The van der Waals surface area contributed by atoms with E-state index in [0.717, 1.165) is 11.4 Å². The van der Waals surface area contributed by atoms with E-state index in [9.17, 15) is 18.0 Å². The number of aryl methyl sites for hydroxylation is 1. The number of rotatable bonds is 8. The summed E-state index contributed by atoms with van der Waals surface area (Å²) < 4.78 is 44.9. The van der Waals surface area contributed by atoms with Crippen LogP contribution in [-0.2, 0) is 24.3 Å². The Hall–Kier alpha value is -3.67. The molecule has 0 spiro atoms. The number of benzene rings is 2. The van der Waals surface area contributed by atoms with Gasteiger partial charge in [0.15, 0.2) is 6.61 Å². The van der Waals surface area contributed by atoms with Crippen molar-refractivity contribution < 1.29 is 32.2 Å². The summed E-state index contributed by atoms with van der Waals surface area (Å²) in [5.41, 5.74) is 3.10. The summed E-state index contributed by atoms with van der Waals surface area (Å²) in [4.78, 5) is 25.3. The van der Waals surface area contributed by atoms with Crippen molar-refractivity contribution in [3.05, 3.63) is 71.5 Å². The number of methoxy groups -OCH3 is 1. The Labute approximate surface area is 215 Å². The average Bonchev–Trinajstić information content (AvgIpc) is 3.21. The van der Waals surface area contributed by atoms with Crippen LogP contribution in [0.5, 0.6) is 5.75 Å². The molecule has 2 heterocycles. The predicted molar refractivity (Wildman–Crippen MR) is 137 cm³/mol. The Kier molecular flexibility index (Phi) is 7.96. The zero-order chi connectivity index (χ0) is 26.6. The molecule has 1 fully saturated rings. The van der Waals surface area contributed by atoms with E-state index in [0.29, 0.717) is 24.5 Å². The molecule has 1 N–H and O–H groups in total. The molecule has 0 bridgehead atoms. The minimum absolute atomic E-state index is 0.0458. The first-order valence-corrected chi connectivity index (χ1v) is 13.1. The van der Waals surface area contributed by atoms with Crippen LogP contribution in [-0.4, -0.2) is 69.2 Å². The fourth-order valence-corrected chi connectivity index (χ4v) is 5.63. The summed E-state index contributed by atoms with van der Waals surface area (Å²) >= 11 is 0. The summed E-state index contributed by atoms with van der Waals surface area (Å²) in [6.07, 6.45) is 0. The van der Waals surface area contributed by atoms with Crippen molar-refractivity contribution in [2.45, 2.75) is 18.7 Å². The van der Waals surface area contributed by atoms with Crippen LogP contribution in [0.1, 0.15) is 21.7 Å². The maximum atomic E-state index is 12.9. The molecule has 10 nitrogen and oxygen atoms in total. The van der Waals surface area contributed by atoms with Gasteiger partial charge in [0.1, 0.15) is 5.75 Å². The van der Waals surface area contributed by atoms with E-state index >= 15 is 0 Å². The molecule has 2 aromatic carbocycles. The van der Waals surface area contributed by atoms with E-state index in [2.05, 4.69) is 5.32 Å². The number of hydrogen-bond donors (Lipinski definition) is 1. The molecule has 0 atom stereocenters. The smallest absolute Gasteiger partial charge is 0.340 e. The third-order valence-corrected chi connectivity index (χ3v) is 7.95. The Balaban J connectivity index is 1.42. The maximum absolute atomic E-state index is 12.9. The Bertz CT molecular complexity index is 1400. The van der Waals surface area contributed by atoms with Crippen LogP contribution < -0.4 is 10.1 Å². The lowest BCUT2D eigenvalue weighted by molar-refractivity contribution is -0.119. The minimum atomic E-state index is -3.73. The Morgan fingerprint density at radius 2 is 1.73 bits per heavy atom. The van der Waals surface area contributed by atoms with Crippen LogP contribution in [0.15, 0.2) is 59.5 Å². The van der Waals surface area contributed by atoms with Gasteiger partial charge >= 0.3 is 5.97 Å². The number of para-hydroxylation sites is 1. The van der Waals surface area contributed by atoms with Crippen LogP contribution in [0.25, 0.3) is 5.69 Å². The second-order valence-corrected chi connectivity index (χ2v) is 10.4. The van der Waals surface area contributed by atoms with Gasteiger partial charge in [0.05, 0.1) is 36.5 Å². The van der Waals surface area contributed by atoms with Gasteiger partial charge in [-0.05, 0) is 44.2 Å². The van der Waals surface area contributed by atoms with E-state index < -0.39 is 28.5 Å². The minimum Gasteiger partial charge on any atom is -0.495 e. The highest BCUT2D eigenvalue weighted by Crippen LogP contribution is 2.29. The fourth-order valence-electron chi connectivity index (χ4n) is 4.21. The van der Waals surface area contributed by atoms with Crippen LogP contribution >= 0.6 is 0 Å². The standard InChI is InChI=1S/C26H29N3O7S/c1-18-15-22(19(2)29(18)20-7-5-4-6-8-20)26(31)36-17-25(30)27-23-10-9-21(16-24(23)34-3)37(32,33)28-11-13-35-14-12-28/h4-10,15-16H,11-14,17H2,1-3H3,(H,27,30). The molecule has 1 amide bonds. The largest absolute Gasteiger partial charge is 0.495 e. The fraction of sp³-hybridized carbons (Fsp3) is 0.308. The molecule has 0 radical (unpaired) electrons. The number of aromatic nitrogens is 1. The molecule has 196 valence electrons. The second-order valence-electron chi connectivity index (χ2n) is 8.46. The molecule has 0 unspecified atom stereocenters. The van der Waals surface area contributed by atoms with Gasteiger partial charge in [-0.2, -0.15) is 4.31 Å². The summed E-state index contributed by atoms with van der Waals surface area (Å²) in [5.74, 6) is -1.04. The summed E-state index contributed by atoms with van der Waals surface area (Å²) in [6.45, 7) is 4.38. The zero-order valence-electron chi connectivity index (χ0n) is 20.9. The highest BCUT2D eigenvalue weighted by Gasteiger charge is 2.27. The second kappa shape index (κ2) is 11.2. The molecule has 1 aliphatic heterocycles. The number of ether oxygens (including phenoxy) is 3. The number of carbonyl (C=O) groups excluding carboxylic acids is 2. The van der Waals surface area contributed by atoms with Crippen LogP contribution in [0.4, 0.5) is 5.69 Å². The van der Waals surface area contributed by atoms with Gasteiger partial charge in [-0.25, -0.2) is 13.2 Å². The lowest BCUT2D eigenvalue weighted by Gasteiger charge is -2.26. The van der Waals surface area contributed by atoms with Crippen molar-refractivity contribution in [1.82, 2.24) is 8.87 Å². The average molecular weight is 528 g/mol. The van der Waals surface area contributed by atoms with Crippen molar-refractivity contribution >= 4 is 27.6 Å². The van der Waals surface area contributed by atoms with Crippen LogP contribution in [0.2, 0.25) is 0 Å². The van der Waals surface area contributed by atoms with Crippen LogP contribution in [0.3, 0.4) is 0 Å². The number of nitrogens with zero attached hydrogens (tertiary/aromatic N) is 2. The van der Waals surface area contributed by atoms with Crippen LogP contribution in [0, 0.1) is 13.8 Å². The summed E-state index contributed by atoms with van der Waals surface area (Å²) in [6, 6.07) is 15.5. The van der Waals surface area contributed by atoms with Crippen molar-refractivity contribution in [3.8, 4) is 11.4 Å². The molecule has 0 saturated carbocycles. The quantitative estimate of drug-likeness (QED) is 0.448. The van der Waals surface area contributed by atoms with Crippen molar-refractivity contribution in [3.63, 3.8) is 0 Å². The number of sulfonamides is 1. The van der Waals surface area contributed by atoms with Gasteiger partial charge in [-0.1, -0.05) is 18.2 Å². The normalized spacial score (nSPS) is 14.2. The maximum Gasteiger partial charge on any atom is 0.340 e. The van der Waals surface area contributed by atoms with Crippen molar-refractivity contribution in [2.24, 2.45) is 0 Å². The van der Waals surface area contributed by atoms with Gasteiger partial charge < -0.3 is 24.1 Å². The zero-order valence-corrected chi connectivity index (χ0v) is 21.7. The number of anilines is 1. The number of amides is 1. The number of esters is 1. The summed E-state index contributed by atoms with van der Waals surface area (Å²) in [7, 11) is -2.35. The third kappa shape index (κ3) is 5.68. The number of nitrogens with one attached hydrogen (secondary N) is 1. The molecule has 1 aromatic heterocycles. The molecule has 1 aliphatic rings. The van der Waals surface area contributed by atoms with E-state index in [4.69, 9.17) is 14.2 Å². The lowest BCUT2D eigenvalue weighted by Crippen LogP contribution is -2.40. The lowest BCUT2D eigenvalue weighted by atomic mass is 10.2. The summed E-state index contributed by atoms with van der Waals surface area (Å²) in [5, 5.41) is 2.61. The SMILES string of the molecule is COc1cc(S(=O)(=O)N2CCOCC2)ccc1NC(=O)COC(=O)c1cc(C)n(-c2ccccc2)c1C. The highest BCUT2D eigenvalue weighted by atomic mass is 32.2. The van der Waals surface area contributed by atoms with Gasteiger partial charge in [0.25, 0.3) is 5.91 Å². The number of morpholine rings is 1. The van der Waals surface area contributed by atoms with Gasteiger partial charge in [0, 0.05) is 36.2 Å². The van der Waals surface area contributed by atoms with Gasteiger partial charge in [-0.3, -0.25) is 4.79 Å². The molecule has 11 heteroatoms. The molecular weight excluding hydrogens is 498 g/mol. The number of hydrogen-bond acceptors (Lipinski definition) is 7. The first kappa shape index (κ1) is 26.4. The van der Waals surface area contributed by atoms with Crippen molar-refractivity contribution in [2.75, 3.05) is 45.3 Å². The molecule has 1 saturated heterocycles. The van der Waals surface area contributed by atoms with Gasteiger partial charge in [-0.15, -0.1) is 0 Å². The van der Waals surface area contributed by atoms with E-state index in [1.807, 2.05) is 48.7 Å². The molecule has 37 heavy (non-hydrogen) atoms. The van der Waals surface area contributed by atoms with Crippen molar-refractivity contribution in [1.29, 1.82) is 0 Å². The first-order chi connectivity index (χ1) is 17.7.